The van der Waals surface area contributed by atoms with Gasteiger partial charge in [-0.3, -0.25) is 0 Å². The number of nitro groups is 1. The second-order valence-electron chi connectivity index (χ2n) is 4.82. The highest BCUT2D eigenvalue weighted by atomic mass is 16.7. The van der Waals surface area contributed by atoms with Crippen LogP contribution in [0.5, 0.6) is 0 Å². The summed E-state index contributed by atoms with van der Waals surface area (Å²) in [6.07, 6.45) is 11.9. The molecule has 1 aliphatic rings. The van der Waals surface area contributed by atoms with E-state index in [0.717, 1.165) is 11.3 Å². The highest BCUT2D eigenvalue weighted by molar-refractivity contribution is 5.68. The minimum absolute atomic E-state index is 0.0397. The summed E-state index contributed by atoms with van der Waals surface area (Å²) in [5.74, 6) is 0.482. The molecule has 1 aromatic heterocycles. The number of anilines is 1. The quantitative estimate of drug-likeness (QED) is 0.640. The lowest BCUT2D eigenvalue weighted by Gasteiger charge is -2.19. The zero-order chi connectivity index (χ0) is 16.2. The van der Waals surface area contributed by atoms with Crippen molar-refractivity contribution in [1.82, 2.24) is 9.55 Å². The second kappa shape index (κ2) is 6.18. The van der Waals surface area contributed by atoms with Gasteiger partial charge in [-0.2, -0.15) is 5.06 Å². The third-order valence-corrected chi connectivity index (χ3v) is 3.34. The summed E-state index contributed by atoms with van der Waals surface area (Å²) in [6, 6.07) is 7.70. The first-order valence-electron chi connectivity index (χ1n) is 6.89. The molecule has 0 saturated heterocycles. The van der Waals surface area contributed by atoms with Gasteiger partial charge in [-0.1, -0.05) is 12.1 Å². The Labute approximate surface area is 132 Å². The maximum absolute atomic E-state index is 10.8. The van der Waals surface area contributed by atoms with E-state index in [1.165, 1.54) is 10.8 Å². The fourth-order valence-corrected chi connectivity index (χ4v) is 2.10. The Kier molecular flexibility index (Phi) is 3.92. The van der Waals surface area contributed by atoms with Gasteiger partial charge in [-0.15, -0.1) is 0 Å². The summed E-state index contributed by atoms with van der Waals surface area (Å²) >= 11 is 0. The predicted octanol–water partition coefficient (Wildman–Crippen LogP) is 3.28. The molecule has 0 unspecified atom stereocenters. The molecular weight excluding hydrogens is 296 g/mol. The molecule has 0 saturated carbocycles. The monoisotopic (exact) mass is 310 g/mol. The van der Waals surface area contributed by atoms with Gasteiger partial charge in [0, 0.05) is 12.3 Å². The normalized spacial score (nSPS) is 13.5. The number of imidazole rings is 1. The number of nitrogens with zero attached hydrogens (tertiary/aromatic N) is 4. The van der Waals surface area contributed by atoms with Gasteiger partial charge in [-0.05, 0) is 40.8 Å². The van der Waals surface area contributed by atoms with Crippen LogP contribution in [0.2, 0.25) is 0 Å². The van der Waals surface area contributed by atoms with E-state index in [0.29, 0.717) is 5.82 Å². The first-order valence-corrected chi connectivity index (χ1v) is 6.89. The number of hydroxylamine groups is 1. The fourth-order valence-electron chi connectivity index (χ4n) is 2.10. The van der Waals surface area contributed by atoms with Crippen molar-refractivity contribution in [1.29, 1.82) is 0 Å². The molecule has 1 aromatic carbocycles. The number of allylic oxidation sites excluding steroid dienone is 2. The van der Waals surface area contributed by atoms with Crippen LogP contribution in [-0.2, 0) is 11.9 Å². The summed E-state index contributed by atoms with van der Waals surface area (Å²) in [6.45, 7) is 0. The highest BCUT2D eigenvalue weighted by Crippen LogP contribution is 2.19. The number of hydrogen-bond acceptors (Lipinski definition) is 5. The number of benzene rings is 1. The Bertz CT molecular complexity index is 803. The van der Waals surface area contributed by atoms with Crippen molar-refractivity contribution in [2.45, 2.75) is 0 Å². The number of aromatic nitrogens is 2. The molecule has 0 amide bonds. The summed E-state index contributed by atoms with van der Waals surface area (Å²) in [5, 5.41) is 12.4. The molecule has 0 N–H and O–H groups in total. The Morgan fingerprint density at radius 2 is 2.00 bits per heavy atom. The lowest BCUT2D eigenvalue weighted by molar-refractivity contribution is -0.391. The van der Waals surface area contributed by atoms with Gasteiger partial charge < -0.3 is 15.0 Å². The van der Waals surface area contributed by atoms with Crippen LogP contribution in [0, 0.1) is 10.1 Å². The van der Waals surface area contributed by atoms with Crippen molar-refractivity contribution in [3.05, 3.63) is 76.6 Å². The molecular formula is C16H14N4O3. The lowest BCUT2D eigenvalue weighted by Crippen LogP contribution is -2.14. The summed E-state index contributed by atoms with van der Waals surface area (Å²) in [7, 11) is 1.61. The summed E-state index contributed by atoms with van der Waals surface area (Å²) in [4.78, 5) is 19.7. The largest absolute Gasteiger partial charge is 0.383 e. The minimum atomic E-state index is -0.459. The average molecular weight is 310 g/mol. The van der Waals surface area contributed by atoms with E-state index in [1.807, 2.05) is 42.6 Å². The zero-order valence-electron chi connectivity index (χ0n) is 12.4. The minimum Gasteiger partial charge on any atom is -0.383 e. The second-order valence-corrected chi connectivity index (χ2v) is 4.82. The van der Waals surface area contributed by atoms with E-state index in [-0.39, 0.29) is 5.82 Å². The van der Waals surface area contributed by atoms with Gasteiger partial charge in [0.1, 0.15) is 12.5 Å². The molecule has 7 heteroatoms. The van der Waals surface area contributed by atoms with Gasteiger partial charge in [0.05, 0.1) is 12.7 Å². The van der Waals surface area contributed by atoms with Gasteiger partial charge in [0.15, 0.2) is 0 Å². The van der Waals surface area contributed by atoms with Gasteiger partial charge in [-0.25, -0.2) is 9.55 Å². The summed E-state index contributed by atoms with van der Waals surface area (Å²) in [5.41, 5.74) is 1.85. The zero-order valence-corrected chi connectivity index (χ0v) is 12.4. The third-order valence-electron chi connectivity index (χ3n) is 3.34. The molecule has 0 atom stereocenters. The number of hydrogen-bond donors (Lipinski definition) is 0. The molecule has 116 valence electrons. The van der Waals surface area contributed by atoms with Crippen molar-refractivity contribution in [2.75, 3.05) is 5.06 Å². The standard InChI is InChI=1S/C16H14N4O3/c1-18-15(17-12-16(18)20(21)22)9-6-13-4-7-14(8-5-13)19-10-2-3-11-23-19/h2-12H,1H3. The Morgan fingerprint density at radius 3 is 2.61 bits per heavy atom. The third kappa shape index (κ3) is 3.13. The molecule has 0 fully saturated rings. The molecule has 23 heavy (non-hydrogen) atoms. The first kappa shape index (κ1) is 14.6. The highest BCUT2D eigenvalue weighted by Gasteiger charge is 2.13. The Morgan fingerprint density at radius 1 is 1.22 bits per heavy atom. The van der Waals surface area contributed by atoms with E-state index >= 15 is 0 Å². The van der Waals surface area contributed by atoms with E-state index in [2.05, 4.69) is 4.98 Å². The molecule has 0 spiro atoms. The van der Waals surface area contributed by atoms with E-state index in [1.54, 1.807) is 30.5 Å². The van der Waals surface area contributed by atoms with Crippen LogP contribution >= 0.6 is 0 Å². The van der Waals surface area contributed by atoms with Crippen LogP contribution in [0.15, 0.2) is 55.1 Å². The van der Waals surface area contributed by atoms with Crippen LogP contribution in [-0.4, -0.2) is 14.5 Å². The Balaban J connectivity index is 1.74. The first-order chi connectivity index (χ1) is 11.1. The van der Waals surface area contributed by atoms with Crippen molar-refractivity contribution >= 4 is 23.7 Å². The van der Waals surface area contributed by atoms with E-state index in [4.69, 9.17) is 4.84 Å². The van der Waals surface area contributed by atoms with Crippen LogP contribution in [0.4, 0.5) is 11.5 Å². The molecule has 0 bridgehead atoms. The molecule has 1 aliphatic heterocycles. The maximum Gasteiger partial charge on any atom is 0.342 e. The van der Waals surface area contributed by atoms with Gasteiger partial charge in [0.25, 0.3) is 0 Å². The van der Waals surface area contributed by atoms with Crippen molar-refractivity contribution in [3.63, 3.8) is 0 Å². The molecule has 7 nitrogen and oxygen atoms in total. The van der Waals surface area contributed by atoms with Crippen LogP contribution in [0.25, 0.3) is 12.2 Å². The molecule has 0 radical (unpaired) electrons. The smallest absolute Gasteiger partial charge is 0.342 e. The van der Waals surface area contributed by atoms with Crippen molar-refractivity contribution in [3.8, 4) is 0 Å². The lowest BCUT2D eigenvalue weighted by atomic mass is 10.2. The summed E-state index contributed by atoms with van der Waals surface area (Å²) < 4.78 is 1.43. The van der Waals surface area contributed by atoms with Gasteiger partial charge in [0.2, 0.25) is 5.82 Å². The Hall–Kier alpha value is -3.35. The van der Waals surface area contributed by atoms with Crippen molar-refractivity contribution in [2.24, 2.45) is 7.05 Å². The van der Waals surface area contributed by atoms with Crippen LogP contribution in [0.1, 0.15) is 11.4 Å². The van der Waals surface area contributed by atoms with E-state index < -0.39 is 4.92 Å². The fraction of sp³-hybridized carbons (Fsp3) is 0.0625. The van der Waals surface area contributed by atoms with Crippen LogP contribution in [0.3, 0.4) is 0 Å². The molecule has 2 aromatic rings. The average Bonchev–Trinajstić information content (AvgIpc) is 2.95. The molecule has 2 heterocycles. The molecule has 3 rings (SSSR count). The molecule has 0 aliphatic carbocycles. The van der Waals surface area contributed by atoms with Crippen LogP contribution < -0.4 is 5.06 Å². The number of rotatable bonds is 4. The van der Waals surface area contributed by atoms with Gasteiger partial charge >= 0.3 is 5.82 Å². The van der Waals surface area contributed by atoms with E-state index in [9.17, 15) is 10.1 Å². The van der Waals surface area contributed by atoms with Crippen molar-refractivity contribution < 1.29 is 9.76 Å². The maximum atomic E-state index is 10.8. The topological polar surface area (TPSA) is 73.4 Å². The SMILES string of the molecule is Cn1c([N+](=O)[O-])cnc1C=Cc1ccc(N2C=CC=CO2)cc1. The predicted molar refractivity (Wildman–Crippen MR) is 87.1 cm³/mol.